The van der Waals surface area contributed by atoms with Crippen molar-refractivity contribution in [2.75, 3.05) is 31.1 Å². The number of pyridine rings is 2. The summed E-state index contributed by atoms with van der Waals surface area (Å²) in [6.45, 7) is 3.48. The van der Waals surface area contributed by atoms with Gasteiger partial charge in [-0.15, -0.1) is 0 Å². The van der Waals surface area contributed by atoms with Crippen LogP contribution in [0, 0.1) is 5.92 Å². The fraction of sp³-hybridized carbons (Fsp3) is 0.393. The number of aromatic nitrogens is 2. The molecule has 2 fully saturated rings. The van der Waals surface area contributed by atoms with Crippen molar-refractivity contribution in [2.24, 2.45) is 11.7 Å². The summed E-state index contributed by atoms with van der Waals surface area (Å²) in [5.41, 5.74) is 11.1. The smallest absolute Gasteiger partial charge is 0.249 e. The number of hydrogen-bond donors (Lipinski definition) is 2. The van der Waals surface area contributed by atoms with Gasteiger partial charge in [0.2, 0.25) is 5.91 Å². The van der Waals surface area contributed by atoms with E-state index in [0.29, 0.717) is 11.5 Å². The van der Waals surface area contributed by atoms with Crippen LogP contribution in [0.15, 0.2) is 54.7 Å². The van der Waals surface area contributed by atoms with Crippen LogP contribution in [0.3, 0.4) is 0 Å². The quantitative estimate of drug-likeness (QED) is 0.574. The van der Waals surface area contributed by atoms with Crippen molar-refractivity contribution < 1.29 is 4.79 Å². The topological polar surface area (TPSA) is 84.1 Å². The minimum atomic E-state index is -0.435. The van der Waals surface area contributed by atoms with Gasteiger partial charge in [-0.1, -0.05) is 62.4 Å². The van der Waals surface area contributed by atoms with Gasteiger partial charge in [0.15, 0.2) is 0 Å². The Morgan fingerprint density at radius 3 is 2.50 bits per heavy atom. The number of primary amides is 1. The molecule has 1 amide bonds. The van der Waals surface area contributed by atoms with Gasteiger partial charge in [-0.2, -0.15) is 0 Å². The molecule has 1 aromatic carbocycles. The van der Waals surface area contributed by atoms with E-state index in [1.807, 2.05) is 48.7 Å². The van der Waals surface area contributed by atoms with Gasteiger partial charge in [0.1, 0.15) is 5.82 Å². The Morgan fingerprint density at radius 2 is 1.76 bits per heavy atom. The minimum Gasteiger partial charge on any atom is -0.366 e. The Morgan fingerprint density at radius 1 is 1.00 bits per heavy atom. The summed E-state index contributed by atoms with van der Waals surface area (Å²) in [5.74, 6) is 1.07. The second-order valence-electron chi connectivity index (χ2n) is 9.46. The van der Waals surface area contributed by atoms with Gasteiger partial charge in [-0.3, -0.25) is 9.78 Å². The van der Waals surface area contributed by atoms with Gasteiger partial charge in [-0.05, 0) is 36.1 Å². The van der Waals surface area contributed by atoms with Crippen molar-refractivity contribution in [3.05, 3.63) is 66.0 Å². The molecule has 176 valence electrons. The molecule has 1 saturated carbocycles. The van der Waals surface area contributed by atoms with Crippen molar-refractivity contribution >= 4 is 11.7 Å². The first-order valence-electron chi connectivity index (χ1n) is 12.5. The number of amides is 1. The molecule has 2 aliphatic rings. The number of nitrogens with one attached hydrogen (secondary N) is 1. The molecule has 0 spiro atoms. The van der Waals surface area contributed by atoms with E-state index in [1.165, 1.54) is 32.1 Å². The largest absolute Gasteiger partial charge is 0.366 e. The summed E-state index contributed by atoms with van der Waals surface area (Å²) in [4.78, 5) is 24.8. The molecule has 1 aliphatic heterocycles. The van der Waals surface area contributed by atoms with Crippen molar-refractivity contribution in [3.8, 4) is 22.4 Å². The van der Waals surface area contributed by atoms with Gasteiger partial charge in [0, 0.05) is 49.2 Å². The number of hydrogen-bond acceptors (Lipinski definition) is 5. The number of carbonyl (C=O) groups is 1. The third kappa shape index (κ3) is 4.97. The van der Waals surface area contributed by atoms with Crippen molar-refractivity contribution in [1.82, 2.24) is 15.3 Å². The molecule has 0 unspecified atom stereocenters. The fourth-order valence-electron chi connectivity index (χ4n) is 5.31. The van der Waals surface area contributed by atoms with Gasteiger partial charge in [0.05, 0.1) is 11.3 Å². The summed E-state index contributed by atoms with van der Waals surface area (Å²) in [5, 5.41) is 3.38. The molecule has 6 nitrogen and oxygen atoms in total. The first-order valence-corrected chi connectivity index (χ1v) is 12.5. The number of anilines is 1. The van der Waals surface area contributed by atoms with Crippen LogP contribution in [0.1, 0.15) is 48.2 Å². The summed E-state index contributed by atoms with van der Waals surface area (Å²) in [7, 11) is 0. The van der Waals surface area contributed by atoms with E-state index in [2.05, 4.69) is 16.3 Å². The lowest BCUT2D eigenvalue weighted by Crippen LogP contribution is -2.44. The third-order valence-corrected chi connectivity index (χ3v) is 7.09. The summed E-state index contributed by atoms with van der Waals surface area (Å²) in [6, 6.07) is 16.0. The Balaban J connectivity index is 1.62. The van der Waals surface area contributed by atoms with Crippen LogP contribution in [0.4, 0.5) is 5.82 Å². The second kappa shape index (κ2) is 10.3. The summed E-state index contributed by atoms with van der Waals surface area (Å²) in [6.07, 6.45) is 9.42. The predicted octanol–water partition coefficient (Wildman–Crippen LogP) is 4.44. The van der Waals surface area contributed by atoms with Crippen LogP contribution in [-0.4, -0.2) is 42.1 Å². The van der Waals surface area contributed by atoms with Gasteiger partial charge < -0.3 is 16.0 Å². The molecule has 0 radical (unpaired) electrons. The maximum Gasteiger partial charge on any atom is 0.249 e. The van der Waals surface area contributed by atoms with Crippen LogP contribution in [-0.2, 0) is 6.42 Å². The highest BCUT2D eigenvalue weighted by Gasteiger charge is 2.23. The van der Waals surface area contributed by atoms with Gasteiger partial charge in [0.25, 0.3) is 0 Å². The molecule has 6 heteroatoms. The zero-order valence-electron chi connectivity index (χ0n) is 19.7. The highest BCUT2D eigenvalue weighted by Crippen LogP contribution is 2.37. The predicted molar refractivity (Wildman–Crippen MR) is 137 cm³/mol. The van der Waals surface area contributed by atoms with E-state index < -0.39 is 5.91 Å². The first-order chi connectivity index (χ1) is 16.7. The Labute approximate surface area is 201 Å². The number of rotatable bonds is 6. The number of carbonyl (C=O) groups excluding carboxylic acids is 1. The number of piperazine rings is 1. The van der Waals surface area contributed by atoms with E-state index >= 15 is 0 Å². The molecule has 34 heavy (non-hydrogen) atoms. The van der Waals surface area contributed by atoms with Crippen LogP contribution in [0.5, 0.6) is 0 Å². The first kappa shape index (κ1) is 22.5. The Hall–Kier alpha value is -3.25. The number of benzene rings is 1. The zero-order chi connectivity index (χ0) is 23.3. The van der Waals surface area contributed by atoms with E-state index in [-0.39, 0.29) is 0 Å². The third-order valence-electron chi connectivity index (χ3n) is 7.09. The maximum atomic E-state index is 12.7. The lowest BCUT2D eigenvalue weighted by molar-refractivity contribution is 0.100. The average Bonchev–Trinajstić information content (AvgIpc) is 2.89. The molecule has 1 saturated heterocycles. The van der Waals surface area contributed by atoms with Crippen LogP contribution < -0.4 is 16.0 Å². The van der Waals surface area contributed by atoms with E-state index in [4.69, 9.17) is 15.7 Å². The standard InChI is InChI=1S/C28H33N5O/c29-28(34)24-19-25(33-15-13-30-14-16-33)32-27(26(24)21-9-5-2-6-10-21)22-11-12-31-23(18-22)17-20-7-3-1-4-8-20/h2,5-6,9-12,18-20,30H,1,3-4,7-8,13-17H2,(H2,29,34). The summed E-state index contributed by atoms with van der Waals surface area (Å²) >= 11 is 0. The normalized spacial score (nSPS) is 17.0. The highest BCUT2D eigenvalue weighted by atomic mass is 16.1. The molecule has 0 bridgehead atoms. The van der Waals surface area contributed by atoms with E-state index in [9.17, 15) is 4.79 Å². The zero-order valence-corrected chi connectivity index (χ0v) is 19.7. The lowest BCUT2D eigenvalue weighted by Gasteiger charge is -2.29. The van der Waals surface area contributed by atoms with Crippen molar-refractivity contribution in [2.45, 2.75) is 38.5 Å². The van der Waals surface area contributed by atoms with Crippen LogP contribution >= 0.6 is 0 Å². The van der Waals surface area contributed by atoms with Gasteiger partial charge >= 0.3 is 0 Å². The molecule has 2 aromatic heterocycles. The molecule has 5 rings (SSSR count). The van der Waals surface area contributed by atoms with E-state index in [0.717, 1.165) is 66.5 Å². The minimum absolute atomic E-state index is 0.435. The Kier molecular flexibility index (Phi) is 6.86. The molecular weight excluding hydrogens is 422 g/mol. The van der Waals surface area contributed by atoms with Crippen molar-refractivity contribution in [3.63, 3.8) is 0 Å². The van der Waals surface area contributed by atoms with E-state index in [1.54, 1.807) is 0 Å². The van der Waals surface area contributed by atoms with Crippen molar-refractivity contribution in [1.29, 1.82) is 0 Å². The van der Waals surface area contributed by atoms with Gasteiger partial charge in [-0.25, -0.2) is 4.98 Å². The average molecular weight is 456 g/mol. The molecular formula is C28H33N5O. The fourth-order valence-corrected chi connectivity index (χ4v) is 5.31. The summed E-state index contributed by atoms with van der Waals surface area (Å²) < 4.78 is 0. The molecule has 3 N–H and O–H groups in total. The molecule has 1 aliphatic carbocycles. The number of nitrogens with two attached hydrogens (primary N) is 1. The SMILES string of the molecule is NC(=O)c1cc(N2CCNCC2)nc(-c2ccnc(CC3CCCCC3)c2)c1-c1ccccc1. The van der Waals surface area contributed by atoms with Crippen LogP contribution in [0.2, 0.25) is 0 Å². The monoisotopic (exact) mass is 455 g/mol. The lowest BCUT2D eigenvalue weighted by atomic mass is 9.85. The highest BCUT2D eigenvalue weighted by molar-refractivity contribution is 6.04. The second-order valence-corrected chi connectivity index (χ2v) is 9.46. The molecule has 3 aromatic rings. The maximum absolute atomic E-state index is 12.7. The van der Waals surface area contributed by atoms with Crippen LogP contribution in [0.25, 0.3) is 22.4 Å². The molecule has 3 heterocycles. The number of nitrogens with zero attached hydrogens (tertiary/aromatic N) is 3. The Bertz CT molecular complexity index is 1130. The molecule has 0 atom stereocenters.